The maximum atomic E-state index is 12.0. The van der Waals surface area contributed by atoms with Gasteiger partial charge in [-0.25, -0.2) is 4.79 Å². The van der Waals surface area contributed by atoms with Gasteiger partial charge in [-0.1, -0.05) is 13.3 Å². The number of nitro benzene ring substituents is 1. The van der Waals surface area contributed by atoms with Crippen molar-refractivity contribution in [3.05, 3.63) is 39.9 Å². The average Bonchev–Trinajstić information content (AvgIpc) is 2.86. The van der Waals surface area contributed by atoms with Crippen molar-refractivity contribution in [2.75, 3.05) is 6.54 Å². The van der Waals surface area contributed by atoms with Crippen LogP contribution in [0.2, 0.25) is 0 Å². The molecule has 1 aliphatic rings. The molecule has 23 heavy (non-hydrogen) atoms. The molecule has 1 saturated heterocycles. The molecule has 1 unspecified atom stereocenters. The van der Waals surface area contributed by atoms with Crippen LogP contribution in [0.5, 0.6) is 0 Å². The summed E-state index contributed by atoms with van der Waals surface area (Å²) in [6, 6.07) is 5.81. The number of carbonyl (C=O) groups excluding carboxylic acids is 1. The molecule has 1 aromatic carbocycles. The van der Waals surface area contributed by atoms with Crippen molar-refractivity contribution in [2.45, 2.75) is 44.9 Å². The van der Waals surface area contributed by atoms with Crippen LogP contribution in [0.4, 0.5) is 10.5 Å². The first-order valence-corrected chi connectivity index (χ1v) is 7.61. The maximum Gasteiger partial charge on any atom is 0.408 e. The Balaban J connectivity index is 1.90. The summed E-state index contributed by atoms with van der Waals surface area (Å²) in [4.78, 5) is 22.1. The molecular formula is C15H21N3O5. The van der Waals surface area contributed by atoms with Gasteiger partial charge in [0, 0.05) is 18.7 Å². The van der Waals surface area contributed by atoms with Crippen LogP contribution in [0.1, 0.15) is 38.2 Å². The lowest BCUT2D eigenvalue weighted by molar-refractivity contribution is -0.384. The number of nitro groups is 1. The number of carbonyl (C=O) groups is 1. The van der Waals surface area contributed by atoms with Crippen LogP contribution in [0, 0.1) is 10.1 Å². The minimum atomic E-state index is -0.763. The fourth-order valence-corrected chi connectivity index (χ4v) is 2.81. The number of non-ortho nitro benzene ring substituents is 1. The van der Waals surface area contributed by atoms with Crippen LogP contribution in [0.25, 0.3) is 0 Å². The second kappa shape index (κ2) is 7.38. The zero-order valence-electron chi connectivity index (χ0n) is 13.0. The molecule has 8 heteroatoms. The third-order valence-corrected chi connectivity index (χ3v) is 3.97. The number of rotatable bonds is 6. The summed E-state index contributed by atoms with van der Waals surface area (Å²) in [6.45, 7) is 2.51. The van der Waals surface area contributed by atoms with E-state index in [1.165, 1.54) is 17.2 Å². The molecule has 0 aromatic heterocycles. The predicted octanol–water partition coefficient (Wildman–Crippen LogP) is 2.80. The monoisotopic (exact) mass is 323 g/mol. The third-order valence-electron chi connectivity index (χ3n) is 3.97. The first-order chi connectivity index (χ1) is 11.0. The molecule has 0 bridgehead atoms. The molecule has 1 amide bonds. The smallest absolute Gasteiger partial charge is 0.408 e. The van der Waals surface area contributed by atoms with Gasteiger partial charge >= 0.3 is 6.09 Å². The van der Waals surface area contributed by atoms with Crippen molar-refractivity contribution < 1.29 is 19.7 Å². The van der Waals surface area contributed by atoms with E-state index in [4.69, 9.17) is 4.74 Å². The quantitative estimate of drug-likeness (QED) is 0.616. The summed E-state index contributed by atoms with van der Waals surface area (Å²) in [6.07, 6.45) is 2.32. The predicted molar refractivity (Wildman–Crippen MR) is 81.8 cm³/mol. The van der Waals surface area contributed by atoms with Gasteiger partial charge in [-0.05, 0) is 37.0 Å². The molecule has 0 saturated carbocycles. The van der Waals surface area contributed by atoms with Crippen molar-refractivity contribution >= 4 is 11.8 Å². The highest BCUT2D eigenvalue weighted by atomic mass is 16.6. The second-order valence-electron chi connectivity index (χ2n) is 5.63. The van der Waals surface area contributed by atoms with E-state index in [-0.39, 0.29) is 12.3 Å². The van der Waals surface area contributed by atoms with Gasteiger partial charge in [0.2, 0.25) is 0 Å². The van der Waals surface area contributed by atoms with Crippen molar-refractivity contribution in [1.29, 1.82) is 0 Å². The summed E-state index contributed by atoms with van der Waals surface area (Å²) in [7, 11) is 0. The molecule has 0 spiro atoms. The summed E-state index contributed by atoms with van der Waals surface area (Å²) in [5.41, 5.74) is -0.119. The lowest BCUT2D eigenvalue weighted by Crippen LogP contribution is -2.56. The molecule has 0 radical (unpaired) electrons. The van der Waals surface area contributed by atoms with Gasteiger partial charge in [0.1, 0.15) is 12.3 Å². The number of hydrogen-bond donors (Lipinski definition) is 2. The maximum absolute atomic E-state index is 12.0. The summed E-state index contributed by atoms with van der Waals surface area (Å²) >= 11 is 0. The normalized spacial score (nSPS) is 21.1. The fraction of sp³-hybridized carbons (Fsp3) is 0.533. The van der Waals surface area contributed by atoms with E-state index >= 15 is 0 Å². The Morgan fingerprint density at radius 3 is 2.70 bits per heavy atom. The zero-order chi connectivity index (χ0) is 16.9. The molecule has 2 N–H and O–H groups in total. The number of amides is 1. The van der Waals surface area contributed by atoms with E-state index in [0.29, 0.717) is 24.9 Å². The highest BCUT2D eigenvalue weighted by molar-refractivity contribution is 5.68. The van der Waals surface area contributed by atoms with E-state index < -0.39 is 16.7 Å². The van der Waals surface area contributed by atoms with Crippen LogP contribution >= 0.6 is 0 Å². The molecule has 1 atom stereocenters. The van der Waals surface area contributed by atoms with Gasteiger partial charge in [-0.3, -0.25) is 10.1 Å². The Labute approximate surface area is 134 Å². The van der Waals surface area contributed by atoms with Crippen molar-refractivity contribution in [2.24, 2.45) is 0 Å². The SMILES string of the molecule is CCCC1(NC(=O)OCc2ccc([N+](=O)[O-])cc2)CCCN1O. The van der Waals surface area contributed by atoms with Gasteiger partial charge in [0.15, 0.2) is 0 Å². The van der Waals surface area contributed by atoms with Gasteiger partial charge in [0.25, 0.3) is 5.69 Å². The van der Waals surface area contributed by atoms with Gasteiger partial charge in [-0.15, -0.1) is 0 Å². The van der Waals surface area contributed by atoms with Crippen molar-refractivity contribution in [3.8, 4) is 0 Å². The molecule has 8 nitrogen and oxygen atoms in total. The molecule has 1 fully saturated rings. The Morgan fingerprint density at radius 1 is 1.48 bits per heavy atom. The number of hydrogen-bond acceptors (Lipinski definition) is 6. The van der Waals surface area contributed by atoms with E-state index in [1.54, 1.807) is 12.1 Å². The fourth-order valence-electron chi connectivity index (χ4n) is 2.81. The lowest BCUT2D eigenvalue weighted by atomic mass is 10.0. The summed E-state index contributed by atoms with van der Waals surface area (Å²) < 4.78 is 5.15. The van der Waals surface area contributed by atoms with Gasteiger partial charge < -0.3 is 15.3 Å². The van der Waals surface area contributed by atoms with E-state index in [2.05, 4.69) is 5.32 Å². The summed E-state index contributed by atoms with van der Waals surface area (Å²) in [5.74, 6) is 0. The number of benzene rings is 1. The van der Waals surface area contributed by atoms with E-state index in [1.807, 2.05) is 6.92 Å². The highest BCUT2D eigenvalue weighted by Crippen LogP contribution is 2.29. The first kappa shape index (κ1) is 17.2. The van der Waals surface area contributed by atoms with Crippen LogP contribution in [-0.4, -0.2) is 33.5 Å². The Morgan fingerprint density at radius 2 is 2.17 bits per heavy atom. The Bertz CT molecular complexity index is 563. The molecule has 1 aromatic rings. The lowest BCUT2D eigenvalue weighted by Gasteiger charge is -2.34. The minimum absolute atomic E-state index is 0.0114. The van der Waals surface area contributed by atoms with Crippen molar-refractivity contribution in [3.63, 3.8) is 0 Å². The second-order valence-corrected chi connectivity index (χ2v) is 5.63. The van der Waals surface area contributed by atoms with Gasteiger partial charge in [0.05, 0.1) is 4.92 Å². The standard InChI is InChI=1S/C15H21N3O5/c1-2-8-15(9-3-10-17(15)20)16-14(19)23-11-12-4-6-13(7-5-12)18(21)22/h4-7,20H,2-3,8-11H2,1H3,(H,16,19). The first-order valence-electron chi connectivity index (χ1n) is 7.61. The molecule has 0 aliphatic carbocycles. The molecule has 1 heterocycles. The van der Waals surface area contributed by atoms with Crippen LogP contribution in [0.15, 0.2) is 24.3 Å². The Hall–Kier alpha value is -2.19. The number of ether oxygens (including phenoxy) is 1. The Kier molecular flexibility index (Phi) is 5.51. The number of alkyl carbamates (subject to hydrolysis) is 1. The largest absolute Gasteiger partial charge is 0.445 e. The van der Waals surface area contributed by atoms with E-state index in [9.17, 15) is 20.1 Å². The molecular weight excluding hydrogens is 302 g/mol. The summed E-state index contributed by atoms with van der Waals surface area (Å²) in [5, 5.41) is 24.5. The molecule has 1 aliphatic heterocycles. The van der Waals surface area contributed by atoms with E-state index in [0.717, 1.165) is 12.8 Å². The zero-order valence-corrected chi connectivity index (χ0v) is 13.0. The average molecular weight is 323 g/mol. The minimum Gasteiger partial charge on any atom is -0.445 e. The molecule has 2 rings (SSSR count). The number of nitrogens with zero attached hydrogens (tertiary/aromatic N) is 2. The third kappa shape index (κ3) is 4.17. The van der Waals surface area contributed by atoms with Crippen LogP contribution in [0.3, 0.4) is 0 Å². The molecule has 126 valence electrons. The highest BCUT2D eigenvalue weighted by Gasteiger charge is 2.41. The number of nitrogens with one attached hydrogen (secondary N) is 1. The van der Waals surface area contributed by atoms with Crippen LogP contribution in [-0.2, 0) is 11.3 Å². The van der Waals surface area contributed by atoms with Gasteiger partial charge in [-0.2, -0.15) is 5.06 Å². The number of hydroxylamine groups is 2. The van der Waals surface area contributed by atoms with Crippen molar-refractivity contribution in [1.82, 2.24) is 10.4 Å². The topological polar surface area (TPSA) is 105 Å². The van der Waals surface area contributed by atoms with Crippen LogP contribution < -0.4 is 5.32 Å².